The van der Waals surface area contributed by atoms with Crippen LogP contribution in [0.4, 0.5) is 0 Å². The highest BCUT2D eigenvalue weighted by Gasteiger charge is 2.10. The monoisotopic (exact) mass is 304 g/mol. The van der Waals surface area contributed by atoms with Gasteiger partial charge in [0.2, 0.25) is 0 Å². The van der Waals surface area contributed by atoms with Gasteiger partial charge in [-0.2, -0.15) is 0 Å². The summed E-state index contributed by atoms with van der Waals surface area (Å²) >= 11 is 12.1. The molecule has 3 nitrogen and oxygen atoms in total. The van der Waals surface area contributed by atoms with E-state index in [0.29, 0.717) is 10.2 Å². The maximum atomic E-state index is 6.08. The van der Waals surface area contributed by atoms with Crippen LogP contribution in [0.1, 0.15) is 0 Å². The zero-order valence-electron chi connectivity index (χ0n) is 10.6. The number of nitrogens with zero attached hydrogens (tertiary/aromatic N) is 2. The Kier molecular flexibility index (Phi) is 3.47. The number of hydrogen-bond donors (Lipinski definition) is 0. The van der Waals surface area contributed by atoms with Gasteiger partial charge in [0.1, 0.15) is 11.4 Å². The lowest BCUT2D eigenvalue weighted by Gasteiger charge is -2.07. The van der Waals surface area contributed by atoms with E-state index in [2.05, 4.69) is 10.2 Å². The average molecular weight is 305 g/mol. The van der Waals surface area contributed by atoms with Gasteiger partial charge in [0.15, 0.2) is 5.15 Å². The minimum absolute atomic E-state index is 0.369. The lowest BCUT2D eigenvalue weighted by molar-refractivity contribution is 0.415. The SMILES string of the molecule is COc1ccc(-c2nnc(Cl)c3ccc(Cl)cc23)cc1. The van der Waals surface area contributed by atoms with Crippen molar-refractivity contribution in [1.82, 2.24) is 10.2 Å². The van der Waals surface area contributed by atoms with Gasteiger partial charge in [0, 0.05) is 21.4 Å². The van der Waals surface area contributed by atoms with Gasteiger partial charge in [-0.15, -0.1) is 10.2 Å². The van der Waals surface area contributed by atoms with Crippen LogP contribution in [0.2, 0.25) is 10.2 Å². The molecule has 0 aliphatic carbocycles. The fraction of sp³-hybridized carbons (Fsp3) is 0.0667. The molecule has 2 aromatic carbocycles. The van der Waals surface area contributed by atoms with Crippen molar-refractivity contribution in [2.45, 2.75) is 0 Å². The van der Waals surface area contributed by atoms with E-state index in [1.807, 2.05) is 36.4 Å². The number of halogens is 2. The number of rotatable bonds is 2. The summed E-state index contributed by atoms with van der Waals surface area (Å²) in [4.78, 5) is 0. The van der Waals surface area contributed by atoms with Crippen LogP contribution < -0.4 is 4.74 Å². The minimum atomic E-state index is 0.369. The summed E-state index contributed by atoms with van der Waals surface area (Å²) in [6, 6.07) is 13.1. The molecule has 0 radical (unpaired) electrons. The Morgan fingerprint density at radius 2 is 1.65 bits per heavy atom. The molecule has 3 aromatic rings. The van der Waals surface area contributed by atoms with Crippen LogP contribution in [-0.2, 0) is 0 Å². The molecule has 0 atom stereocenters. The van der Waals surface area contributed by atoms with Gasteiger partial charge in [-0.25, -0.2) is 0 Å². The maximum absolute atomic E-state index is 6.08. The summed E-state index contributed by atoms with van der Waals surface area (Å²) < 4.78 is 5.15. The van der Waals surface area contributed by atoms with Gasteiger partial charge in [-0.05, 0) is 42.5 Å². The molecule has 0 saturated heterocycles. The van der Waals surface area contributed by atoms with Crippen molar-refractivity contribution in [2.24, 2.45) is 0 Å². The molecule has 0 spiro atoms. The number of methoxy groups -OCH3 is 1. The summed E-state index contributed by atoms with van der Waals surface area (Å²) in [5.74, 6) is 0.790. The summed E-state index contributed by atoms with van der Waals surface area (Å²) in [6.45, 7) is 0. The Bertz CT molecular complexity index is 773. The molecule has 0 fully saturated rings. The number of benzene rings is 2. The van der Waals surface area contributed by atoms with Crippen LogP contribution >= 0.6 is 23.2 Å². The van der Waals surface area contributed by atoms with Crippen molar-refractivity contribution in [2.75, 3.05) is 7.11 Å². The molecular formula is C15H10Cl2N2O. The average Bonchev–Trinajstić information content (AvgIpc) is 2.48. The molecule has 20 heavy (non-hydrogen) atoms. The van der Waals surface area contributed by atoms with Crippen LogP contribution in [0, 0.1) is 0 Å². The maximum Gasteiger partial charge on any atom is 0.159 e. The van der Waals surface area contributed by atoms with E-state index in [9.17, 15) is 0 Å². The van der Waals surface area contributed by atoms with E-state index < -0.39 is 0 Å². The number of hydrogen-bond acceptors (Lipinski definition) is 3. The normalized spacial score (nSPS) is 10.8. The fourth-order valence-corrected chi connectivity index (χ4v) is 2.43. The molecule has 0 N–H and O–H groups in total. The summed E-state index contributed by atoms with van der Waals surface area (Å²) in [5, 5.41) is 10.9. The van der Waals surface area contributed by atoms with E-state index in [4.69, 9.17) is 27.9 Å². The molecule has 1 aromatic heterocycles. The third kappa shape index (κ3) is 2.30. The first-order chi connectivity index (χ1) is 9.69. The second kappa shape index (κ2) is 5.27. The molecule has 5 heteroatoms. The van der Waals surface area contributed by atoms with Gasteiger partial charge >= 0.3 is 0 Å². The van der Waals surface area contributed by atoms with Crippen LogP contribution in [0.5, 0.6) is 5.75 Å². The standard InChI is InChI=1S/C15H10Cl2N2O/c1-20-11-5-2-9(3-6-11)14-13-8-10(16)4-7-12(13)15(17)19-18-14/h2-8H,1H3. The van der Waals surface area contributed by atoms with Crippen molar-refractivity contribution in [3.8, 4) is 17.0 Å². The molecule has 0 unspecified atom stereocenters. The molecular weight excluding hydrogens is 295 g/mol. The molecule has 0 bridgehead atoms. The zero-order chi connectivity index (χ0) is 14.1. The highest BCUT2D eigenvalue weighted by Crippen LogP contribution is 2.32. The summed E-state index contributed by atoms with van der Waals surface area (Å²) in [5.41, 5.74) is 1.68. The van der Waals surface area contributed by atoms with Crippen molar-refractivity contribution in [1.29, 1.82) is 0 Å². The van der Waals surface area contributed by atoms with Gasteiger partial charge < -0.3 is 4.74 Å². The van der Waals surface area contributed by atoms with E-state index in [-0.39, 0.29) is 0 Å². The second-order valence-corrected chi connectivity index (χ2v) is 5.05. The molecule has 100 valence electrons. The Labute approximate surface area is 126 Å². The van der Waals surface area contributed by atoms with Crippen molar-refractivity contribution < 1.29 is 4.74 Å². The Hall–Kier alpha value is -1.84. The lowest BCUT2D eigenvalue weighted by Crippen LogP contribution is -1.92. The Morgan fingerprint density at radius 1 is 0.900 bits per heavy atom. The zero-order valence-corrected chi connectivity index (χ0v) is 12.1. The van der Waals surface area contributed by atoms with E-state index in [1.165, 1.54) is 0 Å². The Morgan fingerprint density at radius 3 is 2.35 bits per heavy atom. The van der Waals surface area contributed by atoms with Gasteiger partial charge in [0.05, 0.1) is 7.11 Å². The van der Waals surface area contributed by atoms with Gasteiger partial charge in [-0.3, -0.25) is 0 Å². The van der Waals surface area contributed by atoms with E-state index in [0.717, 1.165) is 27.8 Å². The quantitative estimate of drug-likeness (QED) is 0.693. The third-order valence-corrected chi connectivity index (χ3v) is 3.57. The molecule has 3 rings (SSSR count). The van der Waals surface area contributed by atoms with Crippen LogP contribution in [0.3, 0.4) is 0 Å². The van der Waals surface area contributed by atoms with E-state index >= 15 is 0 Å². The highest BCUT2D eigenvalue weighted by molar-refractivity contribution is 6.35. The second-order valence-electron chi connectivity index (χ2n) is 4.26. The van der Waals surface area contributed by atoms with Crippen molar-refractivity contribution in [3.05, 3.63) is 52.6 Å². The van der Waals surface area contributed by atoms with Crippen molar-refractivity contribution >= 4 is 34.0 Å². The highest BCUT2D eigenvalue weighted by atomic mass is 35.5. The predicted molar refractivity (Wildman–Crippen MR) is 81.5 cm³/mol. The first-order valence-electron chi connectivity index (χ1n) is 5.95. The molecule has 1 heterocycles. The van der Waals surface area contributed by atoms with Crippen LogP contribution in [-0.4, -0.2) is 17.3 Å². The summed E-state index contributed by atoms with van der Waals surface area (Å²) in [6.07, 6.45) is 0. The molecule has 0 aliphatic heterocycles. The van der Waals surface area contributed by atoms with Crippen molar-refractivity contribution in [3.63, 3.8) is 0 Å². The number of fused-ring (bicyclic) bond motifs is 1. The molecule has 0 aliphatic rings. The predicted octanol–water partition coefficient (Wildman–Crippen LogP) is 4.61. The summed E-state index contributed by atoms with van der Waals surface area (Å²) in [7, 11) is 1.63. The first kappa shape index (κ1) is 13.2. The van der Waals surface area contributed by atoms with Gasteiger partial charge in [-0.1, -0.05) is 23.2 Å². The number of ether oxygens (including phenoxy) is 1. The molecule has 0 amide bonds. The topological polar surface area (TPSA) is 35.0 Å². The van der Waals surface area contributed by atoms with Gasteiger partial charge in [0.25, 0.3) is 0 Å². The van der Waals surface area contributed by atoms with Crippen LogP contribution in [0.15, 0.2) is 42.5 Å². The molecule has 0 saturated carbocycles. The smallest absolute Gasteiger partial charge is 0.159 e. The minimum Gasteiger partial charge on any atom is -0.497 e. The largest absolute Gasteiger partial charge is 0.497 e. The van der Waals surface area contributed by atoms with E-state index in [1.54, 1.807) is 13.2 Å². The fourth-order valence-electron chi connectivity index (χ4n) is 2.06. The first-order valence-corrected chi connectivity index (χ1v) is 6.70. The van der Waals surface area contributed by atoms with Crippen LogP contribution in [0.25, 0.3) is 22.0 Å². The Balaban J connectivity index is 2.24. The number of aromatic nitrogens is 2. The third-order valence-electron chi connectivity index (χ3n) is 3.06. The lowest BCUT2D eigenvalue weighted by atomic mass is 10.1.